The first-order chi connectivity index (χ1) is 17.8. The van der Waals surface area contributed by atoms with Gasteiger partial charge in [0.2, 0.25) is 23.6 Å². The van der Waals surface area contributed by atoms with Crippen LogP contribution in [-0.4, -0.2) is 69.9 Å². The van der Waals surface area contributed by atoms with Crippen LogP contribution in [0.3, 0.4) is 0 Å². The van der Waals surface area contributed by atoms with Gasteiger partial charge in [0, 0.05) is 12.8 Å². The van der Waals surface area contributed by atoms with Crippen molar-refractivity contribution in [1.29, 1.82) is 0 Å². The van der Waals surface area contributed by atoms with Crippen LogP contribution in [0.25, 0.3) is 0 Å². The number of amides is 4. The zero-order valence-corrected chi connectivity index (χ0v) is 21.5. The highest BCUT2D eigenvalue weighted by molar-refractivity contribution is 5.94. The van der Waals surface area contributed by atoms with Gasteiger partial charge in [-0.15, -0.1) is 0 Å². The van der Waals surface area contributed by atoms with E-state index in [2.05, 4.69) is 16.0 Å². The molecule has 1 rings (SSSR count). The number of hydrogen-bond donors (Lipinski definition) is 7. The van der Waals surface area contributed by atoms with Gasteiger partial charge in [0.25, 0.3) is 0 Å². The standard InChI is InChI=1S/C25H37N5O8/c1-3-14(2)21(30-22(34)16(26)13-15-7-5-4-6-8-15)24(36)28-17(9-11-19(27)31)23(35)29-18(25(37)38)10-12-20(32)33/h4-8,14,16-18,21H,3,9-13,26H2,1-2H3,(H2,27,31)(H,28,36)(H,29,35)(H,30,34)(H,32,33)(H,37,38). The van der Waals surface area contributed by atoms with E-state index in [1.165, 1.54) is 0 Å². The largest absolute Gasteiger partial charge is 0.481 e. The lowest BCUT2D eigenvalue weighted by Crippen LogP contribution is -2.58. The average molecular weight is 536 g/mol. The first-order valence-corrected chi connectivity index (χ1v) is 12.3. The summed E-state index contributed by atoms with van der Waals surface area (Å²) in [5.41, 5.74) is 12.1. The minimum Gasteiger partial charge on any atom is -0.481 e. The number of primary amides is 1. The van der Waals surface area contributed by atoms with Crippen LogP contribution >= 0.6 is 0 Å². The first kappa shape index (κ1) is 32.0. The van der Waals surface area contributed by atoms with Crippen molar-refractivity contribution in [3.63, 3.8) is 0 Å². The Labute approximate surface area is 220 Å². The molecule has 0 aliphatic heterocycles. The second kappa shape index (κ2) is 16.0. The van der Waals surface area contributed by atoms with Gasteiger partial charge in [0.1, 0.15) is 18.1 Å². The second-order valence-corrected chi connectivity index (χ2v) is 9.07. The Bertz CT molecular complexity index is 987. The van der Waals surface area contributed by atoms with E-state index < -0.39 is 72.6 Å². The number of carbonyl (C=O) groups is 6. The molecule has 0 saturated heterocycles. The minimum atomic E-state index is -1.53. The molecule has 0 aliphatic rings. The summed E-state index contributed by atoms with van der Waals surface area (Å²) in [6.07, 6.45) is -0.724. The summed E-state index contributed by atoms with van der Waals surface area (Å²) in [6, 6.07) is 4.14. The van der Waals surface area contributed by atoms with Gasteiger partial charge < -0.3 is 37.6 Å². The molecule has 0 fully saturated rings. The van der Waals surface area contributed by atoms with Crippen LogP contribution in [-0.2, 0) is 35.2 Å². The summed E-state index contributed by atoms with van der Waals surface area (Å²) < 4.78 is 0. The van der Waals surface area contributed by atoms with E-state index in [1.54, 1.807) is 13.8 Å². The van der Waals surface area contributed by atoms with Crippen LogP contribution in [0.1, 0.15) is 51.5 Å². The van der Waals surface area contributed by atoms with Crippen molar-refractivity contribution < 1.29 is 39.0 Å². The minimum absolute atomic E-state index is 0.234. The molecule has 9 N–H and O–H groups in total. The van der Waals surface area contributed by atoms with Crippen molar-refractivity contribution in [2.75, 3.05) is 0 Å². The lowest BCUT2D eigenvalue weighted by molar-refractivity contribution is -0.143. The summed E-state index contributed by atoms with van der Waals surface area (Å²) in [5.74, 6) is -6.08. The van der Waals surface area contributed by atoms with E-state index in [9.17, 15) is 33.9 Å². The molecule has 0 heterocycles. The number of nitrogens with two attached hydrogens (primary N) is 2. The number of rotatable bonds is 17. The van der Waals surface area contributed by atoms with Crippen molar-refractivity contribution in [2.45, 2.75) is 76.5 Å². The number of hydrogen-bond acceptors (Lipinski definition) is 7. The Kier molecular flexibility index (Phi) is 13.5. The Morgan fingerprint density at radius 3 is 1.95 bits per heavy atom. The number of aliphatic carboxylic acids is 2. The van der Waals surface area contributed by atoms with Crippen LogP contribution in [0.5, 0.6) is 0 Å². The van der Waals surface area contributed by atoms with E-state index >= 15 is 0 Å². The summed E-state index contributed by atoms with van der Waals surface area (Å²) in [7, 11) is 0. The van der Waals surface area contributed by atoms with Crippen LogP contribution in [0.2, 0.25) is 0 Å². The molecule has 210 valence electrons. The summed E-state index contributed by atoms with van der Waals surface area (Å²) in [5, 5.41) is 25.5. The molecular formula is C25H37N5O8. The van der Waals surface area contributed by atoms with Gasteiger partial charge >= 0.3 is 11.9 Å². The topological polar surface area (TPSA) is 231 Å². The number of carbonyl (C=O) groups excluding carboxylic acids is 4. The van der Waals surface area contributed by atoms with E-state index in [0.29, 0.717) is 6.42 Å². The molecule has 0 saturated carbocycles. The highest BCUT2D eigenvalue weighted by atomic mass is 16.4. The van der Waals surface area contributed by atoms with Gasteiger partial charge in [-0.3, -0.25) is 24.0 Å². The number of carboxylic acids is 2. The fourth-order valence-corrected chi connectivity index (χ4v) is 3.54. The zero-order chi connectivity index (χ0) is 28.8. The summed E-state index contributed by atoms with van der Waals surface area (Å²) >= 11 is 0. The third kappa shape index (κ3) is 11.4. The molecule has 0 bridgehead atoms. The van der Waals surface area contributed by atoms with Crippen LogP contribution in [0.4, 0.5) is 0 Å². The molecule has 1 aromatic rings. The maximum atomic E-state index is 13.2. The lowest BCUT2D eigenvalue weighted by atomic mass is 9.96. The number of carboxylic acid groups (broad SMARTS) is 2. The van der Waals surface area contributed by atoms with Crippen molar-refractivity contribution in [1.82, 2.24) is 16.0 Å². The molecule has 38 heavy (non-hydrogen) atoms. The van der Waals surface area contributed by atoms with Gasteiger partial charge in [-0.25, -0.2) is 4.79 Å². The maximum absolute atomic E-state index is 13.2. The Morgan fingerprint density at radius 2 is 1.42 bits per heavy atom. The van der Waals surface area contributed by atoms with E-state index in [-0.39, 0.29) is 25.2 Å². The molecule has 5 atom stereocenters. The predicted molar refractivity (Wildman–Crippen MR) is 136 cm³/mol. The van der Waals surface area contributed by atoms with E-state index in [4.69, 9.17) is 16.6 Å². The first-order valence-electron chi connectivity index (χ1n) is 12.3. The highest BCUT2D eigenvalue weighted by Gasteiger charge is 2.32. The monoisotopic (exact) mass is 535 g/mol. The fraction of sp³-hybridized carbons (Fsp3) is 0.520. The molecular weight excluding hydrogens is 498 g/mol. The predicted octanol–water partition coefficient (Wildman–Crippen LogP) is -0.728. The third-order valence-electron chi connectivity index (χ3n) is 6.00. The molecule has 0 spiro atoms. The van der Waals surface area contributed by atoms with Gasteiger partial charge in [0.05, 0.1) is 6.04 Å². The molecule has 13 nitrogen and oxygen atoms in total. The number of benzene rings is 1. The lowest BCUT2D eigenvalue weighted by Gasteiger charge is -2.28. The molecule has 4 amide bonds. The number of nitrogens with one attached hydrogen (secondary N) is 3. The SMILES string of the molecule is CCC(C)C(NC(=O)C(N)Cc1ccccc1)C(=O)NC(CCC(N)=O)C(=O)NC(CCC(=O)O)C(=O)O. The summed E-state index contributed by atoms with van der Waals surface area (Å²) in [4.78, 5) is 72.5. The summed E-state index contributed by atoms with van der Waals surface area (Å²) in [6.45, 7) is 3.52. The van der Waals surface area contributed by atoms with Crippen LogP contribution in [0, 0.1) is 5.92 Å². The normalized spacial score (nSPS) is 14.7. The highest BCUT2D eigenvalue weighted by Crippen LogP contribution is 2.11. The molecule has 0 aliphatic carbocycles. The maximum Gasteiger partial charge on any atom is 0.326 e. The van der Waals surface area contributed by atoms with Crippen molar-refractivity contribution >= 4 is 35.6 Å². The van der Waals surface area contributed by atoms with E-state index in [0.717, 1.165) is 5.56 Å². The van der Waals surface area contributed by atoms with E-state index in [1.807, 2.05) is 30.3 Å². The van der Waals surface area contributed by atoms with Gasteiger partial charge in [-0.1, -0.05) is 50.6 Å². The van der Waals surface area contributed by atoms with Crippen molar-refractivity contribution in [2.24, 2.45) is 17.4 Å². The Hall–Kier alpha value is -4.00. The Morgan fingerprint density at radius 1 is 0.842 bits per heavy atom. The molecule has 5 unspecified atom stereocenters. The molecule has 0 radical (unpaired) electrons. The van der Waals surface area contributed by atoms with Gasteiger partial charge in [-0.2, -0.15) is 0 Å². The van der Waals surface area contributed by atoms with Crippen LogP contribution in [0.15, 0.2) is 30.3 Å². The fourth-order valence-electron chi connectivity index (χ4n) is 3.54. The molecule has 1 aromatic carbocycles. The molecule has 13 heteroatoms. The van der Waals surface area contributed by atoms with Crippen LogP contribution < -0.4 is 27.4 Å². The zero-order valence-electron chi connectivity index (χ0n) is 21.5. The smallest absolute Gasteiger partial charge is 0.326 e. The van der Waals surface area contributed by atoms with Gasteiger partial charge in [0.15, 0.2) is 0 Å². The third-order valence-corrected chi connectivity index (χ3v) is 6.00. The van der Waals surface area contributed by atoms with Gasteiger partial charge in [-0.05, 0) is 30.7 Å². The second-order valence-electron chi connectivity index (χ2n) is 9.07. The Balaban J connectivity index is 3.01. The quantitative estimate of drug-likeness (QED) is 0.133. The molecule has 0 aromatic heterocycles. The van der Waals surface area contributed by atoms with Crippen molar-refractivity contribution in [3.8, 4) is 0 Å². The van der Waals surface area contributed by atoms with Crippen molar-refractivity contribution in [3.05, 3.63) is 35.9 Å². The average Bonchev–Trinajstić information content (AvgIpc) is 2.86.